The van der Waals surface area contributed by atoms with Gasteiger partial charge >= 0.3 is 0 Å². The van der Waals surface area contributed by atoms with Gasteiger partial charge in [-0.1, -0.05) is 12.1 Å². The van der Waals surface area contributed by atoms with Crippen LogP contribution in [-0.4, -0.2) is 60.1 Å². The second-order valence-corrected chi connectivity index (χ2v) is 6.31. The summed E-state index contributed by atoms with van der Waals surface area (Å²) in [5.41, 5.74) is 2.70. The number of nitrogens with zero attached hydrogens (tertiary/aromatic N) is 2. The number of H-pyrrole nitrogens is 1. The molecule has 1 unspecified atom stereocenters. The first-order chi connectivity index (χ1) is 10.4. The molecule has 0 aliphatic carbocycles. The molecule has 2 aromatic rings. The normalized spacial score (nSPS) is 22.7. The molecule has 3 heterocycles. The summed E-state index contributed by atoms with van der Waals surface area (Å²) in [4.78, 5) is 8.58. The van der Waals surface area contributed by atoms with Crippen LogP contribution < -0.4 is 5.32 Å². The third-order valence-corrected chi connectivity index (χ3v) is 5.04. The van der Waals surface area contributed by atoms with Crippen molar-refractivity contribution in [2.24, 2.45) is 0 Å². The van der Waals surface area contributed by atoms with Crippen LogP contribution in [0.25, 0.3) is 10.9 Å². The number of hydrogen-bond donors (Lipinski definition) is 2. The van der Waals surface area contributed by atoms with Crippen molar-refractivity contribution in [2.45, 2.75) is 19.0 Å². The molecule has 2 fully saturated rings. The summed E-state index contributed by atoms with van der Waals surface area (Å²) >= 11 is 0. The summed E-state index contributed by atoms with van der Waals surface area (Å²) in [7, 11) is 0. The SMILES string of the molecule is Cl.Cl.c1cc(CN2CCN(C3CCNC3)CC2)c2cc[nH]c2c1. The molecule has 0 bridgehead atoms. The standard InChI is InChI=1S/C17H24N4.2ClH/c1-2-14(16-5-7-19-17(16)3-1)13-20-8-10-21(11-9-20)15-4-6-18-12-15;;/h1-3,5,7,15,18-19H,4,6,8-13H2;2*1H. The van der Waals surface area contributed by atoms with Crippen molar-refractivity contribution in [1.29, 1.82) is 0 Å². The molecule has 1 atom stereocenters. The highest BCUT2D eigenvalue weighted by atomic mass is 35.5. The summed E-state index contributed by atoms with van der Waals surface area (Å²) in [6, 6.07) is 9.56. The molecule has 2 N–H and O–H groups in total. The maximum atomic E-state index is 3.48. The van der Waals surface area contributed by atoms with Crippen LogP contribution in [0.4, 0.5) is 0 Å². The van der Waals surface area contributed by atoms with Crippen LogP contribution in [0, 0.1) is 0 Å². The van der Waals surface area contributed by atoms with Gasteiger partial charge in [0.05, 0.1) is 0 Å². The number of benzene rings is 1. The molecule has 2 aliphatic heterocycles. The molecule has 4 rings (SSSR count). The van der Waals surface area contributed by atoms with Crippen LogP contribution in [0.2, 0.25) is 0 Å². The highest BCUT2D eigenvalue weighted by molar-refractivity contribution is 5.85. The molecule has 1 aromatic heterocycles. The second kappa shape index (κ2) is 8.36. The number of fused-ring (bicyclic) bond motifs is 1. The van der Waals surface area contributed by atoms with Gasteiger partial charge in [-0.15, -0.1) is 24.8 Å². The minimum atomic E-state index is 0. The van der Waals surface area contributed by atoms with Crippen LogP contribution in [0.15, 0.2) is 30.5 Å². The van der Waals surface area contributed by atoms with Gasteiger partial charge in [-0.3, -0.25) is 9.80 Å². The largest absolute Gasteiger partial charge is 0.361 e. The Morgan fingerprint density at radius 2 is 1.87 bits per heavy atom. The second-order valence-electron chi connectivity index (χ2n) is 6.31. The molecule has 1 aromatic carbocycles. The lowest BCUT2D eigenvalue weighted by atomic mass is 10.1. The first kappa shape index (κ1) is 18.6. The minimum Gasteiger partial charge on any atom is -0.361 e. The fraction of sp³-hybridized carbons (Fsp3) is 0.529. The van der Waals surface area contributed by atoms with Gasteiger partial charge in [-0.2, -0.15) is 0 Å². The van der Waals surface area contributed by atoms with Crippen LogP contribution in [0.5, 0.6) is 0 Å². The molecule has 128 valence electrons. The molecular weight excluding hydrogens is 331 g/mol. The van der Waals surface area contributed by atoms with E-state index in [2.05, 4.69) is 44.4 Å². The van der Waals surface area contributed by atoms with Crippen molar-refractivity contribution in [2.75, 3.05) is 39.3 Å². The van der Waals surface area contributed by atoms with Gasteiger partial charge in [0.25, 0.3) is 0 Å². The van der Waals surface area contributed by atoms with E-state index in [-0.39, 0.29) is 24.8 Å². The number of aromatic amines is 1. The fourth-order valence-corrected chi connectivity index (χ4v) is 3.77. The zero-order chi connectivity index (χ0) is 14.1. The molecule has 2 saturated heterocycles. The lowest BCUT2D eigenvalue weighted by Crippen LogP contribution is -2.50. The predicted molar refractivity (Wildman–Crippen MR) is 101 cm³/mol. The van der Waals surface area contributed by atoms with Crippen molar-refractivity contribution in [1.82, 2.24) is 20.1 Å². The Morgan fingerprint density at radius 1 is 1.04 bits per heavy atom. The molecule has 0 saturated carbocycles. The highest BCUT2D eigenvalue weighted by Crippen LogP contribution is 2.20. The Balaban J connectivity index is 0.000000960. The number of rotatable bonds is 3. The smallest absolute Gasteiger partial charge is 0.0457 e. The number of aromatic nitrogens is 1. The van der Waals surface area contributed by atoms with Crippen molar-refractivity contribution in [3.8, 4) is 0 Å². The minimum absolute atomic E-state index is 0. The van der Waals surface area contributed by atoms with Crippen molar-refractivity contribution in [3.05, 3.63) is 36.0 Å². The first-order valence-corrected chi connectivity index (χ1v) is 8.12. The summed E-state index contributed by atoms with van der Waals surface area (Å²) in [6.45, 7) is 8.27. The average molecular weight is 357 g/mol. The molecule has 23 heavy (non-hydrogen) atoms. The maximum Gasteiger partial charge on any atom is 0.0457 e. The number of piperazine rings is 1. The zero-order valence-corrected chi connectivity index (χ0v) is 15.0. The molecule has 2 aliphatic rings. The van der Waals surface area contributed by atoms with Crippen LogP contribution in [0.1, 0.15) is 12.0 Å². The number of halogens is 2. The monoisotopic (exact) mass is 356 g/mol. The third kappa shape index (κ3) is 4.01. The summed E-state index contributed by atoms with van der Waals surface area (Å²) in [5.74, 6) is 0. The Hall–Kier alpha value is -0.780. The lowest BCUT2D eigenvalue weighted by molar-refractivity contribution is 0.0984. The van der Waals surface area contributed by atoms with E-state index in [1.54, 1.807) is 0 Å². The Kier molecular flexibility index (Phi) is 6.74. The van der Waals surface area contributed by atoms with Crippen LogP contribution in [-0.2, 0) is 6.54 Å². The molecular formula is C17H26Cl2N4. The van der Waals surface area contributed by atoms with Crippen LogP contribution >= 0.6 is 24.8 Å². The molecule has 4 nitrogen and oxygen atoms in total. The third-order valence-electron chi connectivity index (χ3n) is 5.04. The lowest BCUT2D eigenvalue weighted by Gasteiger charge is -2.37. The average Bonchev–Trinajstić information content (AvgIpc) is 3.20. The van der Waals surface area contributed by atoms with E-state index < -0.39 is 0 Å². The first-order valence-electron chi connectivity index (χ1n) is 8.12. The van der Waals surface area contributed by atoms with Gasteiger partial charge in [-0.25, -0.2) is 0 Å². The van der Waals surface area contributed by atoms with Gasteiger partial charge in [0, 0.05) is 62.4 Å². The van der Waals surface area contributed by atoms with Gasteiger partial charge in [0.15, 0.2) is 0 Å². The number of nitrogens with one attached hydrogen (secondary N) is 2. The van der Waals surface area contributed by atoms with Crippen molar-refractivity contribution < 1.29 is 0 Å². The van der Waals surface area contributed by atoms with E-state index in [1.807, 2.05) is 6.20 Å². The van der Waals surface area contributed by atoms with E-state index in [0.29, 0.717) is 0 Å². The Labute approximate surface area is 150 Å². The van der Waals surface area contributed by atoms with Gasteiger partial charge in [-0.05, 0) is 30.7 Å². The maximum absolute atomic E-state index is 3.48. The predicted octanol–water partition coefficient (Wildman–Crippen LogP) is 2.49. The van der Waals surface area contributed by atoms with Crippen molar-refractivity contribution >= 4 is 35.7 Å². The van der Waals surface area contributed by atoms with Gasteiger partial charge in [0.2, 0.25) is 0 Å². The zero-order valence-electron chi connectivity index (χ0n) is 13.3. The summed E-state index contributed by atoms with van der Waals surface area (Å²) < 4.78 is 0. The summed E-state index contributed by atoms with van der Waals surface area (Å²) in [5, 5.41) is 4.85. The molecule has 6 heteroatoms. The van der Waals surface area contributed by atoms with Crippen molar-refractivity contribution in [3.63, 3.8) is 0 Å². The topological polar surface area (TPSA) is 34.3 Å². The van der Waals surface area contributed by atoms with E-state index in [9.17, 15) is 0 Å². The molecule has 0 radical (unpaired) electrons. The van der Waals surface area contributed by atoms with Crippen LogP contribution in [0.3, 0.4) is 0 Å². The Morgan fingerprint density at radius 3 is 2.61 bits per heavy atom. The highest BCUT2D eigenvalue weighted by Gasteiger charge is 2.25. The van der Waals surface area contributed by atoms with E-state index >= 15 is 0 Å². The van der Waals surface area contributed by atoms with E-state index in [4.69, 9.17) is 0 Å². The molecule has 0 amide bonds. The fourth-order valence-electron chi connectivity index (χ4n) is 3.77. The summed E-state index contributed by atoms with van der Waals surface area (Å²) in [6.07, 6.45) is 3.36. The van der Waals surface area contributed by atoms with E-state index in [0.717, 1.165) is 12.6 Å². The quantitative estimate of drug-likeness (QED) is 0.886. The van der Waals surface area contributed by atoms with Gasteiger partial charge < -0.3 is 10.3 Å². The number of hydrogen-bond acceptors (Lipinski definition) is 3. The van der Waals surface area contributed by atoms with E-state index in [1.165, 1.54) is 62.2 Å². The van der Waals surface area contributed by atoms with Gasteiger partial charge in [0.1, 0.15) is 0 Å². The molecule has 0 spiro atoms. The Bertz CT molecular complexity index is 601.